The predicted molar refractivity (Wildman–Crippen MR) is 97.1 cm³/mol. The van der Waals surface area contributed by atoms with Crippen LogP contribution in [0, 0.1) is 0 Å². The van der Waals surface area contributed by atoms with E-state index < -0.39 is 0 Å². The van der Waals surface area contributed by atoms with Gasteiger partial charge in [0.05, 0.1) is 19.8 Å². The number of hydrogen-bond acceptors (Lipinski definition) is 3. The maximum Gasteiger partial charge on any atom is 0.191 e. The fraction of sp³-hybridized carbons (Fsp3) is 0.588. The second-order valence-electron chi connectivity index (χ2n) is 5.75. The summed E-state index contributed by atoms with van der Waals surface area (Å²) in [5.74, 6) is 0.821. The molecule has 0 heterocycles. The summed E-state index contributed by atoms with van der Waals surface area (Å²) >= 11 is 3.56. The van der Waals surface area contributed by atoms with Gasteiger partial charge in [0.1, 0.15) is 0 Å². The molecule has 1 fully saturated rings. The summed E-state index contributed by atoms with van der Waals surface area (Å²) in [6, 6.07) is 8.59. The van der Waals surface area contributed by atoms with E-state index in [2.05, 4.69) is 55.8 Å². The van der Waals surface area contributed by atoms with E-state index in [1.165, 1.54) is 18.4 Å². The fourth-order valence-electron chi connectivity index (χ4n) is 2.50. The van der Waals surface area contributed by atoms with Crippen LogP contribution in [0.4, 0.5) is 0 Å². The van der Waals surface area contributed by atoms with Gasteiger partial charge in [-0.2, -0.15) is 0 Å². The van der Waals surface area contributed by atoms with Gasteiger partial charge in [0.25, 0.3) is 0 Å². The van der Waals surface area contributed by atoms with Crippen molar-refractivity contribution in [2.24, 2.45) is 4.99 Å². The third kappa shape index (κ3) is 5.79. The Hall–Kier alpha value is -1.11. The zero-order valence-corrected chi connectivity index (χ0v) is 15.5. The maximum atomic E-state index is 5.43. The number of benzene rings is 1. The molecule has 0 saturated heterocycles. The van der Waals surface area contributed by atoms with Crippen molar-refractivity contribution in [3.63, 3.8) is 0 Å². The summed E-state index contributed by atoms with van der Waals surface area (Å²) in [7, 11) is 3.46. The van der Waals surface area contributed by atoms with E-state index in [0.29, 0.717) is 19.8 Å². The van der Waals surface area contributed by atoms with Crippen molar-refractivity contribution in [3.05, 3.63) is 34.3 Å². The monoisotopic (exact) mass is 383 g/mol. The van der Waals surface area contributed by atoms with Gasteiger partial charge in [-0.1, -0.05) is 28.1 Å². The Kier molecular flexibility index (Phi) is 7.33. The molecule has 1 saturated carbocycles. The van der Waals surface area contributed by atoms with Gasteiger partial charge in [0, 0.05) is 37.1 Å². The number of rotatable bonds is 9. The Morgan fingerprint density at radius 3 is 2.74 bits per heavy atom. The molecule has 2 N–H and O–H groups in total. The molecule has 0 unspecified atom stereocenters. The normalized spacial score (nSPS) is 16.2. The Balaban J connectivity index is 1.73. The Bertz CT molecular complexity index is 518. The number of hydrogen-bond donors (Lipinski definition) is 2. The SMILES string of the molecule is CN=C(NCCOCCOC)NCC1(c2cccc(Br)c2)CC1. The summed E-state index contributed by atoms with van der Waals surface area (Å²) in [5.41, 5.74) is 1.63. The van der Waals surface area contributed by atoms with E-state index in [1.54, 1.807) is 14.2 Å². The Morgan fingerprint density at radius 1 is 1.26 bits per heavy atom. The molecule has 1 aromatic rings. The van der Waals surface area contributed by atoms with Gasteiger partial charge in [-0.05, 0) is 30.5 Å². The van der Waals surface area contributed by atoms with E-state index in [-0.39, 0.29) is 5.41 Å². The van der Waals surface area contributed by atoms with Crippen LogP contribution in [0.15, 0.2) is 33.7 Å². The molecule has 2 rings (SSSR count). The summed E-state index contributed by atoms with van der Waals surface area (Å²) < 4.78 is 11.5. The molecular formula is C17H26BrN3O2. The van der Waals surface area contributed by atoms with Crippen molar-refractivity contribution < 1.29 is 9.47 Å². The van der Waals surface area contributed by atoms with E-state index in [0.717, 1.165) is 23.5 Å². The highest BCUT2D eigenvalue weighted by Gasteiger charge is 2.44. The van der Waals surface area contributed by atoms with Crippen LogP contribution >= 0.6 is 15.9 Å². The average Bonchev–Trinajstić information content (AvgIpc) is 3.35. The average molecular weight is 384 g/mol. The lowest BCUT2D eigenvalue weighted by Gasteiger charge is -2.19. The predicted octanol–water partition coefficient (Wildman–Crippen LogP) is 2.31. The van der Waals surface area contributed by atoms with E-state index in [4.69, 9.17) is 9.47 Å². The van der Waals surface area contributed by atoms with Gasteiger partial charge in [0.2, 0.25) is 0 Å². The summed E-state index contributed by atoms with van der Waals surface area (Å²) in [4.78, 5) is 4.27. The quantitative estimate of drug-likeness (QED) is 0.390. The standard InChI is InChI=1S/C17H26BrN3O2/c1-19-16(20-8-9-23-11-10-22-2)21-13-17(6-7-17)14-4-3-5-15(18)12-14/h3-5,12H,6-11,13H2,1-2H3,(H2,19,20,21). The van der Waals surface area contributed by atoms with Crippen LogP contribution in [-0.2, 0) is 14.9 Å². The summed E-state index contributed by atoms with van der Waals surface area (Å²) in [6.07, 6.45) is 2.43. The number of halogens is 1. The number of methoxy groups -OCH3 is 1. The van der Waals surface area contributed by atoms with Crippen molar-refractivity contribution in [3.8, 4) is 0 Å². The van der Waals surface area contributed by atoms with E-state index >= 15 is 0 Å². The van der Waals surface area contributed by atoms with Gasteiger partial charge >= 0.3 is 0 Å². The minimum Gasteiger partial charge on any atom is -0.382 e. The van der Waals surface area contributed by atoms with Crippen LogP contribution in [0.25, 0.3) is 0 Å². The van der Waals surface area contributed by atoms with Crippen LogP contribution in [0.5, 0.6) is 0 Å². The number of nitrogens with one attached hydrogen (secondary N) is 2. The highest BCUT2D eigenvalue weighted by atomic mass is 79.9. The molecule has 0 spiro atoms. The van der Waals surface area contributed by atoms with Crippen LogP contribution in [0.2, 0.25) is 0 Å². The Labute approximate surface area is 147 Å². The van der Waals surface area contributed by atoms with Gasteiger partial charge in [-0.3, -0.25) is 4.99 Å². The number of aliphatic imine (C=N–C) groups is 1. The fourth-order valence-corrected chi connectivity index (χ4v) is 2.90. The maximum absolute atomic E-state index is 5.43. The molecule has 128 valence electrons. The summed E-state index contributed by atoms with van der Waals surface area (Å²) in [5, 5.41) is 6.71. The zero-order valence-electron chi connectivity index (χ0n) is 13.9. The summed E-state index contributed by atoms with van der Waals surface area (Å²) in [6.45, 7) is 3.51. The van der Waals surface area contributed by atoms with Crippen molar-refractivity contribution in [1.82, 2.24) is 10.6 Å². The van der Waals surface area contributed by atoms with E-state index in [9.17, 15) is 0 Å². The lowest BCUT2D eigenvalue weighted by Crippen LogP contribution is -2.42. The van der Waals surface area contributed by atoms with Gasteiger partial charge in [0.15, 0.2) is 5.96 Å². The van der Waals surface area contributed by atoms with E-state index in [1.807, 2.05) is 0 Å². The molecule has 0 aromatic heterocycles. The highest BCUT2D eigenvalue weighted by molar-refractivity contribution is 9.10. The lowest BCUT2D eigenvalue weighted by molar-refractivity contribution is 0.0733. The largest absolute Gasteiger partial charge is 0.382 e. The Morgan fingerprint density at radius 2 is 2.09 bits per heavy atom. The van der Waals surface area contributed by atoms with Crippen molar-refractivity contribution in [2.45, 2.75) is 18.3 Å². The molecule has 0 amide bonds. The van der Waals surface area contributed by atoms with Gasteiger partial charge in [-0.15, -0.1) is 0 Å². The van der Waals surface area contributed by atoms with Crippen LogP contribution < -0.4 is 10.6 Å². The highest BCUT2D eigenvalue weighted by Crippen LogP contribution is 2.48. The second-order valence-corrected chi connectivity index (χ2v) is 6.66. The molecule has 23 heavy (non-hydrogen) atoms. The lowest BCUT2D eigenvalue weighted by atomic mass is 9.96. The molecule has 0 aliphatic heterocycles. The van der Waals surface area contributed by atoms with Crippen LogP contribution in [0.3, 0.4) is 0 Å². The number of guanidine groups is 1. The van der Waals surface area contributed by atoms with Gasteiger partial charge in [-0.25, -0.2) is 0 Å². The first kappa shape index (κ1) is 18.2. The first-order valence-electron chi connectivity index (χ1n) is 7.97. The molecule has 0 atom stereocenters. The number of nitrogens with zero attached hydrogens (tertiary/aromatic N) is 1. The molecule has 5 nitrogen and oxygen atoms in total. The minimum absolute atomic E-state index is 0.246. The van der Waals surface area contributed by atoms with Gasteiger partial charge < -0.3 is 20.1 Å². The zero-order chi connectivity index (χ0) is 16.5. The second kappa shape index (κ2) is 9.25. The minimum atomic E-state index is 0.246. The van der Waals surface area contributed by atoms with Crippen LogP contribution in [0.1, 0.15) is 18.4 Å². The number of ether oxygens (including phenoxy) is 2. The van der Waals surface area contributed by atoms with Crippen molar-refractivity contribution in [2.75, 3.05) is 47.1 Å². The van der Waals surface area contributed by atoms with Crippen LogP contribution in [-0.4, -0.2) is 53.0 Å². The first-order valence-corrected chi connectivity index (χ1v) is 8.77. The molecule has 1 aliphatic rings. The van der Waals surface area contributed by atoms with Crippen molar-refractivity contribution in [1.29, 1.82) is 0 Å². The first-order chi connectivity index (χ1) is 11.2. The molecular weight excluding hydrogens is 358 g/mol. The topological polar surface area (TPSA) is 54.9 Å². The third-order valence-electron chi connectivity index (χ3n) is 4.08. The molecule has 1 aliphatic carbocycles. The smallest absolute Gasteiger partial charge is 0.191 e. The van der Waals surface area contributed by atoms with Crippen molar-refractivity contribution >= 4 is 21.9 Å². The molecule has 1 aromatic carbocycles. The molecule has 0 bridgehead atoms. The third-order valence-corrected chi connectivity index (χ3v) is 4.57. The molecule has 0 radical (unpaired) electrons. The molecule has 6 heteroatoms.